The van der Waals surface area contributed by atoms with Gasteiger partial charge in [0.15, 0.2) is 11.4 Å². The molecule has 2 N–H and O–H groups in total. The number of anilines is 1. The van der Waals surface area contributed by atoms with Gasteiger partial charge in [-0.15, -0.1) is 5.10 Å². The first-order valence-corrected chi connectivity index (χ1v) is 8.72. The molecule has 0 aliphatic heterocycles. The summed E-state index contributed by atoms with van der Waals surface area (Å²) in [6.45, 7) is -0.173. The van der Waals surface area contributed by atoms with Gasteiger partial charge in [-0.05, 0) is 30.3 Å². The van der Waals surface area contributed by atoms with E-state index in [0.29, 0.717) is 4.68 Å². The molecule has 1 aromatic heterocycles. The van der Waals surface area contributed by atoms with Gasteiger partial charge in [0.1, 0.15) is 23.3 Å². The van der Waals surface area contributed by atoms with Gasteiger partial charge in [0, 0.05) is 13.1 Å². The van der Waals surface area contributed by atoms with E-state index in [1.54, 1.807) is 6.07 Å². The number of benzene rings is 2. The maximum Gasteiger partial charge on any atom is 0.435 e. The van der Waals surface area contributed by atoms with Crippen LogP contribution in [0.4, 0.5) is 27.6 Å². The smallest absolute Gasteiger partial charge is 0.382 e. The third-order valence-corrected chi connectivity index (χ3v) is 4.06. The highest BCUT2D eigenvalue weighted by Crippen LogP contribution is 2.32. The maximum absolute atomic E-state index is 13.6. The Morgan fingerprint density at radius 3 is 2.55 bits per heavy atom. The van der Waals surface area contributed by atoms with E-state index in [1.807, 2.05) is 0 Å². The van der Waals surface area contributed by atoms with Gasteiger partial charge in [-0.3, -0.25) is 4.79 Å². The molecule has 1 heterocycles. The molecule has 160 valence electrons. The summed E-state index contributed by atoms with van der Waals surface area (Å²) in [4.78, 5) is 12.3. The second kappa shape index (κ2) is 8.78. The molecule has 3 aromatic rings. The van der Waals surface area contributed by atoms with E-state index in [2.05, 4.69) is 20.9 Å². The zero-order chi connectivity index (χ0) is 22.6. The van der Waals surface area contributed by atoms with Crippen molar-refractivity contribution in [2.75, 3.05) is 18.4 Å². The molecule has 0 fully saturated rings. The van der Waals surface area contributed by atoms with E-state index < -0.39 is 35.1 Å². The van der Waals surface area contributed by atoms with Crippen LogP contribution in [-0.2, 0) is 6.18 Å². The zero-order valence-corrected chi connectivity index (χ0v) is 15.5. The first-order chi connectivity index (χ1) is 14.7. The van der Waals surface area contributed by atoms with Crippen molar-refractivity contribution < 1.29 is 26.7 Å². The van der Waals surface area contributed by atoms with Crippen LogP contribution in [0.3, 0.4) is 0 Å². The normalized spacial score (nSPS) is 11.1. The highest BCUT2D eigenvalue weighted by atomic mass is 19.4. The van der Waals surface area contributed by atoms with Gasteiger partial charge in [0.2, 0.25) is 0 Å². The van der Waals surface area contributed by atoms with Crippen LogP contribution in [0.15, 0.2) is 42.5 Å². The molecule has 3 rings (SSSR count). The van der Waals surface area contributed by atoms with E-state index >= 15 is 0 Å². The molecular formula is C19H13F5N6O. The topological polar surface area (TPSA) is 95.6 Å². The summed E-state index contributed by atoms with van der Waals surface area (Å²) >= 11 is 0. The molecule has 12 heteroatoms. The predicted molar refractivity (Wildman–Crippen MR) is 98.3 cm³/mol. The maximum atomic E-state index is 13.6. The number of rotatable bonds is 6. The number of carbonyl (C=O) groups excluding carboxylic acids is 1. The first-order valence-electron chi connectivity index (χ1n) is 8.72. The Morgan fingerprint density at radius 1 is 1.13 bits per heavy atom. The van der Waals surface area contributed by atoms with E-state index in [0.717, 1.165) is 18.2 Å². The fourth-order valence-corrected chi connectivity index (χ4v) is 2.72. The molecule has 0 aliphatic carbocycles. The second-order valence-electron chi connectivity index (χ2n) is 6.13. The average molecular weight is 436 g/mol. The lowest BCUT2D eigenvalue weighted by atomic mass is 10.2. The summed E-state index contributed by atoms with van der Waals surface area (Å²) in [7, 11) is 0. The molecule has 0 atom stereocenters. The molecule has 0 radical (unpaired) electrons. The quantitative estimate of drug-likeness (QED) is 0.457. The molecule has 0 spiro atoms. The minimum Gasteiger partial charge on any atom is -0.382 e. The number of aromatic nitrogens is 3. The predicted octanol–water partition coefficient (Wildman–Crippen LogP) is 3.28. The van der Waals surface area contributed by atoms with Crippen LogP contribution in [0.1, 0.15) is 21.7 Å². The number of alkyl halides is 3. The highest BCUT2D eigenvalue weighted by molar-refractivity contribution is 5.93. The van der Waals surface area contributed by atoms with Crippen LogP contribution in [0, 0.1) is 23.0 Å². The highest BCUT2D eigenvalue weighted by Gasteiger charge is 2.42. The van der Waals surface area contributed by atoms with Gasteiger partial charge in [0.25, 0.3) is 5.91 Å². The number of halogens is 5. The summed E-state index contributed by atoms with van der Waals surface area (Å²) in [5, 5.41) is 20.6. The van der Waals surface area contributed by atoms with Crippen LogP contribution in [-0.4, -0.2) is 34.0 Å². The van der Waals surface area contributed by atoms with Crippen LogP contribution < -0.4 is 10.6 Å². The lowest BCUT2D eigenvalue weighted by Crippen LogP contribution is -2.31. The molecule has 31 heavy (non-hydrogen) atoms. The van der Waals surface area contributed by atoms with Crippen molar-refractivity contribution in [2.45, 2.75) is 6.18 Å². The Hall–Kier alpha value is -4.01. The Kier molecular flexibility index (Phi) is 6.15. The largest absolute Gasteiger partial charge is 0.435 e. The zero-order valence-electron chi connectivity index (χ0n) is 15.5. The van der Waals surface area contributed by atoms with Crippen LogP contribution in [0.25, 0.3) is 5.69 Å². The average Bonchev–Trinajstić information content (AvgIpc) is 3.17. The molecule has 0 saturated heterocycles. The standard InChI is InChI=1S/C19H13F5N6O/c20-11-3-1-4-12(9-11)30-17(19(22,23)24)16(28-29-30)18(31)27-8-7-26-15-6-2-5-14(21)13(15)10-25/h1-6,9,26H,7-8H2,(H,27,31). The molecule has 7 nitrogen and oxygen atoms in total. The minimum absolute atomic E-state index is 0.0107. The molecule has 0 aliphatic rings. The summed E-state index contributed by atoms with van der Waals surface area (Å²) < 4.78 is 68.0. The fraction of sp³-hybridized carbons (Fsp3) is 0.158. The third-order valence-electron chi connectivity index (χ3n) is 4.06. The SMILES string of the molecule is N#Cc1c(F)cccc1NCCNC(=O)c1nnn(-c2cccc(F)c2)c1C(F)(F)F. The Labute approximate surface area is 172 Å². The summed E-state index contributed by atoms with van der Waals surface area (Å²) in [5.41, 5.74) is -2.76. The van der Waals surface area contributed by atoms with E-state index in [4.69, 9.17) is 5.26 Å². The minimum atomic E-state index is -5.00. The van der Waals surface area contributed by atoms with Crippen molar-refractivity contribution >= 4 is 11.6 Å². The van der Waals surface area contributed by atoms with Crippen molar-refractivity contribution in [1.29, 1.82) is 5.26 Å². The number of carbonyl (C=O) groups is 1. The number of nitrogens with zero attached hydrogens (tertiary/aromatic N) is 4. The summed E-state index contributed by atoms with van der Waals surface area (Å²) in [6.07, 6.45) is -5.00. The van der Waals surface area contributed by atoms with Gasteiger partial charge in [-0.1, -0.05) is 17.3 Å². The monoisotopic (exact) mass is 436 g/mol. The Bertz CT molecular complexity index is 1150. The van der Waals surface area contributed by atoms with Gasteiger partial charge in [-0.25, -0.2) is 13.5 Å². The van der Waals surface area contributed by atoms with E-state index in [1.165, 1.54) is 24.3 Å². The Morgan fingerprint density at radius 2 is 1.87 bits per heavy atom. The molecule has 0 bridgehead atoms. The van der Waals surface area contributed by atoms with E-state index in [9.17, 15) is 26.7 Å². The Balaban J connectivity index is 1.74. The van der Waals surface area contributed by atoms with Crippen LogP contribution in [0.5, 0.6) is 0 Å². The number of amides is 1. The van der Waals surface area contributed by atoms with Gasteiger partial charge < -0.3 is 10.6 Å². The van der Waals surface area contributed by atoms with Gasteiger partial charge >= 0.3 is 6.18 Å². The number of nitrogens with one attached hydrogen (secondary N) is 2. The van der Waals surface area contributed by atoms with Crippen molar-refractivity contribution in [2.24, 2.45) is 0 Å². The van der Waals surface area contributed by atoms with Crippen molar-refractivity contribution in [1.82, 2.24) is 20.3 Å². The van der Waals surface area contributed by atoms with E-state index in [-0.39, 0.29) is 30.0 Å². The lowest BCUT2D eigenvalue weighted by Gasteiger charge is -2.12. The van der Waals surface area contributed by atoms with Crippen molar-refractivity contribution in [3.8, 4) is 11.8 Å². The lowest BCUT2D eigenvalue weighted by molar-refractivity contribution is -0.143. The van der Waals surface area contributed by atoms with Crippen LogP contribution in [0.2, 0.25) is 0 Å². The molecule has 2 aromatic carbocycles. The molecule has 1 amide bonds. The van der Waals surface area contributed by atoms with Crippen molar-refractivity contribution in [3.05, 3.63) is 71.1 Å². The summed E-state index contributed by atoms with van der Waals surface area (Å²) in [6, 6.07) is 9.85. The first kappa shape index (κ1) is 21.7. The molecular weight excluding hydrogens is 423 g/mol. The number of hydrogen-bond acceptors (Lipinski definition) is 5. The number of hydrogen-bond donors (Lipinski definition) is 2. The third kappa shape index (κ3) is 4.77. The van der Waals surface area contributed by atoms with Crippen LogP contribution >= 0.6 is 0 Å². The fourth-order valence-electron chi connectivity index (χ4n) is 2.72. The van der Waals surface area contributed by atoms with Gasteiger partial charge in [0.05, 0.1) is 11.4 Å². The summed E-state index contributed by atoms with van der Waals surface area (Å²) in [5.74, 6) is -2.68. The molecule has 0 unspecified atom stereocenters. The second-order valence-corrected chi connectivity index (χ2v) is 6.13. The van der Waals surface area contributed by atoms with Gasteiger partial charge in [-0.2, -0.15) is 18.4 Å². The van der Waals surface area contributed by atoms with Crippen molar-refractivity contribution in [3.63, 3.8) is 0 Å². The molecule has 0 saturated carbocycles. The number of nitriles is 1.